The van der Waals surface area contributed by atoms with Gasteiger partial charge < -0.3 is 0 Å². The maximum absolute atomic E-state index is 11.0. The van der Waals surface area contributed by atoms with Crippen molar-refractivity contribution in [1.29, 1.82) is 0 Å². The lowest BCUT2D eigenvalue weighted by Crippen LogP contribution is -2.21. The zero-order chi connectivity index (χ0) is 13.3. The second-order valence-electron chi connectivity index (χ2n) is 3.22. The van der Waals surface area contributed by atoms with E-state index in [-0.39, 0.29) is 16.4 Å². The fraction of sp³-hybridized carbons (Fsp3) is 0.143. The van der Waals surface area contributed by atoms with Crippen LogP contribution in [0.15, 0.2) is 18.2 Å². The maximum atomic E-state index is 11.0. The van der Waals surface area contributed by atoms with Crippen LogP contribution in [-0.4, -0.2) is 23.1 Å². The first-order valence-electron chi connectivity index (χ1n) is 4.15. The molecule has 7 nitrogen and oxygen atoms in total. The third kappa shape index (κ3) is 5.22. The van der Waals surface area contributed by atoms with Crippen LogP contribution in [0.3, 0.4) is 0 Å². The van der Waals surface area contributed by atoms with Crippen molar-refractivity contribution in [2.45, 2.75) is 0 Å². The van der Waals surface area contributed by atoms with Crippen molar-refractivity contribution in [3.63, 3.8) is 0 Å². The summed E-state index contributed by atoms with van der Waals surface area (Å²) in [5.41, 5.74) is 0.283. The van der Waals surface area contributed by atoms with E-state index in [2.05, 4.69) is 4.72 Å². The van der Waals surface area contributed by atoms with Crippen molar-refractivity contribution in [2.24, 2.45) is 5.14 Å². The Kier molecular flexibility index (Phi) is 3.87. The molecule has 0 atom stereocenters. The highest BCUT2D eigenvalue weighted by molar-refractivity contribution is 7.92. The molecule has 10 heteroatoms. The Labute approximate surface area is 104 Å². The van der Waals surface area contributed by atoms with Crippen molar-refractivity contribution in [3.8, 4) is 0 Å². The number of halogens is 1. The average molecular weight is 300 g/mol. The van der Waals surface area contributed by atoms with Crippen LogP contribution in [0.5, 0.6) is 0 Å². The molecule has 0 unspecified atom stereocenters. The molecule has 0 saturated carbocycles. The molecule has 0 fully saturated rings. The number of hydrogen-bond acceptors (Lipinski definition) is 4. The van der Waals surface area contributed by atoms with Gasteiger partial charge in [0.05, 0.1) is 22.7 Å². The predicted octanol–water partition coefficient (Wildman–Crippen LogP) is 0.327. The number of nitrogens with two attached hydrogens (primary N) is 1. The van der Waals surface area contributed by atoms with Gasteiger partial charge in [-0.1, -0.05) is 11.6 Å². The highest BCUT2D eigenvalue weighted by atomic mass is 35.5. The van der Waals surface area contributed by atoms with Crippen LogP contribution in [0.4, 0.5) is 11.4 Å². The maximum Gasteiger partial charge on any atom is 0.296 e. The van der Waals surface area contributed by atoms with E-state index in [1.807, 2.05) is 4.72 Å². The summed E-state index contributed by atoms with van der Waals surface area (Å²) in [6.07, 6.45) is 0.972. The van der Waals surface area contributed by atoms with E-state index in [0.29, 0.717) is 0 Å². The van der Waals surface area contributed by atoms with E-state index < -0.39 is 20.2 Å². The van der Waals surface area contributed by atoms with Crippen LogP contribution in [0, 0.1) is 0 Å². The largest absolute Gasteiger partial charge is 0.296 e. The third-order valence-electron chi connectivity index (χ3n) is 1.52. The topological polar surface area (TPSA) is 118 Å². The van der Waals surface area contributed by atoms with E-state index >= 15 is 0 Å². The Balaban J connectivity index is 3.02. The minimum Gasteiger partial charge on any atom is -0.282 e. The first-order chi connectivity index (χ1) is 7.57. The first-order valence-corrected chi connectivity index (χ1v) is 7.96. The summed E-state index contributed by atoms with van der Waals surface area (Å²) in [7, 11) is -7.33. The van der Waals surface area contributed by atoms with Gasteiger partial charge in [0.1, 0.15) is 0 Å². The molecule has 0 aliphatic heterocycles. The van der Waals surface area contributed by atoms with E-state index in [4.69, 9.17) is 16.7 Å². The van der Waals surface area contributed by atoms with Gasteiger partial charge in [0, 0.05) is 0 Å². The number of rotatable bonds is 4. The van der Waals surface area contributed by atoms with Crippen LogP contribution < -0.4 is 14.6 Å². The summed E-state index contributed by atoms with van der Waals surface area (Å²) in [5.74, 6) is 0. The van der Waals surface area contributed by atoms with Gasteiger partial charge in [-0.05, 0) is 18.2 Å². The van der Waals surface area contributed by atoms with E-state index in [0.717, 1.165) is 6.26 Å². The Hall–Kier alpha value is -1.03. The van der Waals surface area contributed by atoms with Gasteiger partial charge in [-0.25, -0.2) is 13.6 Å². The van der Waals surface area contributed by atoms with E-state index in [9.17, 15) is 16.8 Å². The highest BCUT2D eigenvalue weighted by Gasteiger charge is 2.08. The molecule has 0 aliphatic carbocycles. The van der Waals surface area contributed by atoms with Crippen molar-refractivity contribution >= 4 is 43.2 Å². The van der Waals surface area contributed by atoms with Crippen LogP contribution in [0.2, 0.25) is 5.02 Å². The lowest BCUT2D eigenvalue weighted by molar-refractivity contribution is 0.602. The fourth-order valence-electron chi connectivity index (χ4n) is 1.03. The SMILES string of the molecule is CS(=O)(=O)Nc1ccc(NS(N)(=O)=O)cc1Cl. The Morgan fingerprint density at radius 2 is 1.76 bits per heavy atom. The molecule has 0 spiro atoms. The molecule has 0 aromatic heterocycles. The summed E-state index contributed by atoms with van der Waals surface area (Å²) in [5, 5.41) is 4.81. The molecule has 4 N–H and O–H groups in total. The van der Waals surface area contributed by atoms with Crippen LogP contribution in [-0.2, 0) is 20.2 Å². The number of benzene rings is 1. The molecule has 0 aliphatic rings. The first kappa shape index (κ1) is 14.0. The zero-order valence-electron chi connectivity index (χ0n) is 8.64. The van der Waals surface area contributed by atoms with Crippen molar-refractivity contribution < 1.29 is 16.8 Å². The van der Waals surface area contributed by atoms with E-state index in [1.54, 1.807) is 0 Å². The monoisotopic (exact) mass is 299 g/mol. The Bertz CT molecular complexity index is 627. The van der Waals surface area contributed by atoms with Gasteiger partial charge in [0.2, 0.25) is 10.0 Å². The number of anilines is 2. The van der Waals surface area contributed by atoms with Crippen molar-refractivity contribution in [3.05, 3.63) is 23.2 Å². The molecular weight excluding hydrogens is 290 g/mol. The summed E-state index contributed by atoms with van der Waals surface area (Å²) < 4.78 is 47.6. The lowest BCUT2D eigenvalue weighted by Gasteiger charge is -2.08. The molecule has 0 radical (unpaired) electrons. The number of hydrogen-bond donors (Lipinski definition) is 3. The molecule has 1 aromatic carbocycles. The van der Waals surface area contributed by atoms with Gasteiger partial charge in [-0.2, -0.15) is 8.42 Å². The van der Waals surface area contributed by atoms with Crippen molar-refractivity contribution in [2.75, 3.05) is 15.7 Å². The molecule has 96 valence electrons. The van der Waals surface area contributed by atoms with Crippen LogP contribution >= 0.6 is 11.6 Å². The lowest BCUT2D eigenvalue weighted by atomic mass is 10.3. The second-order valence-corrected chi connectivity index (χ2v) is 6.67. The number of sulfonamides is 1. The summed E-state index contributed by atoms with van der Waals surface area (Å²) >= 11 is 5.76. The zero-order valence-corrected chi connectivity index (χ0v) is 11.0. The standard InChI is InChI=1S/C7H10ClN3O4S2/c1-16(12,13)11-7-3-2-5(4-6(7)8)10-17(9,14)15/h2-4,10-11H,1H3,(H2,9,14,15). The van der Waals surface area contributed by atoms with Gasteiger partial charge in [-0.3, -0.25) is 9.44 Å². The molecule has 17 heavy (non-hydrogen) atoms. The normalized spacial score (nSPS) is 12.2. The molecular formula is C7H10ClN3O4S2. The smallest absolute Gasteiger partial charge is 0.282 e. The average Bonchev–Trinajstić information content (AvgIpc) is 2.05. The number of nitrogens with one attached hydrogen (secondary N) is 2. The van der Waals surface area contributed by atoms with Gasteiger partial charge >= 0.3 is 0 Å². The summed E-state index contributed by atoms with van der Waals surface area (Å²) in [4.78, 5) is 0. The van der Waals surface area contributed by atoms with Gasteiger partial charge in [0.15, 0.2) is 0 Å². The molecule has 1 rings (SSSR count). The summed E-state index contributed by atoms with van der Waals surface area (Å²) in [6, 6.07) is 3.88. The Morgan fingerprint density at radius 3 is 2.18 bits per heavy atom. The fourth-order valence-corrected chi connectivity index (χ4v) is 2.34. The molecule has 0 amide bonds. The van der Waals surface area contributed by atoms with Gasteiger partial charge in [-0.15, -0.1) is 0 Å². The molecule has 0 heterocycles. The minimum absolute atomic E-state index is 0.0454. The highest BCUT2D eigenvalue weighted by Crippen LogP contribution is 2.26. The minimum atomic E-state index is -3.89. The Morgan fingerprint density at radius 1 is 1.18 bits per heavy atom. The summed E-state index contributed by atoms with van der Waals surface area (Å²) in [6.45, 7) is 0. The molecule has 1 aromatic rings. The van der Waals surface area contributed by atoms with Crippen LogP contribution in [0.1, 0.15) is 0 Å². The van der Waals surface area contributed by atoms with Crippen LogP contribution in [0.25, 0.3) is 0 Å². The predicted molar refractivity (Wildman–Crippen MR) is 66.6 cm³/mol. The molecule has 0 saturated heterocycles. The quantitative estimate of drug-likeness (QED) is 0.742. The van der Waals surface area contributed by atoms with Crippen molar-refractivity contribution in [1.82, 2.24) is 0 Å². The van der Waals surface area contributed by atoms with Gasteiger partial charge in [0.25, 0.3) is 10.2 Å². The molecule has 0 bridgehead atoms. The van der Waals surface area contributed by atoms with E-state index in [1.165, 1.54) is 18.2 Å². The third-order valence-corrected chi connectivity index (χ3v) is 2.95. The second kappa shape index (κ2) is 4.69.